The van der Waals surface area contributed by atoms with Gasteiger partial charge in [-0.25, -0.2) is 4.79 Å². The van der Waals surface area contributed by atoms with Crippen LogP contribution in [0.1, 0.15) is 69.3 Å². The van der Waals surface area contributed by atoms with Crippen LogP contribution >= 0.6 is 0 Å². The average Bonchev–Trinajstić information content (AvgIpc) is 3.89. The first-order chi connectivity index (χ1) is 20.1. The predicted molar refractivity (Wildman–Crippen MR) is 162 cm³/mol. The number of amides is 3. The monoisotopic (exact) mass is 567 g/mol. The van der Waals surface area contributed by atoms with E-state index >= 15 is 0 Å². The van der Waals surface area contributed by atoms with E-state index in [2.05, 4.69) is 16.0 Å². The topological polar surface area (TPSA) is 96.5 Å². The molecule has 5 rings (SSSR count). The molecule has 3 aromatic rings. The Hall–Kier alpha value is -4.13. The van der Waals surface area contributed by atoms with E-state index in [0.29, 0.717) is 12.8 Å². The molecule has 0 spiro atoms. The molecule has 0 aliphatic heterocycles. The van der Waals surface area contributed by atoms with Crippen molar-refractivity contribution in [3.05, 3.63) is 108 Å². The Balaban J connectivity index is 1.31. The van der Waals surface area contributed by atoms with E-state index in [1.807, 2.05) is 119 Å². The smallest absolute Gasteiger partial charge is 0.407 e. The van der Waals surface area contributed by atoms with Crippen molar-refractivity contribution in [3.8, 4) is 0 Å². The molecule has 3 aromatic carbocycles. The normalized spacial score (nSPS) is 25.5. The van der Waals surface area contributed by atoms with E-state index in [1.54, 1.807) is 0 Å². The summed E-state index contributed by atoms with van der Waals surface area (Å²) in [6.45, 7) is 8.02. The van der Waals surface area contributed by atoms with Gasteiger partial charge in [-0.2, -0.15) is 0 Å². The van der Waals surface area contributed by atoms with Crippen LogP contribution in [0.2, 0.25) is 0 Å². The summed E-state index contributed by atoms with van der Waals surface area (Å²) >= 11 is 0. The minimum atomic E-state index is -0.689. The fraction of sp³-hybridized carbons (Fsp3) is 0.400. The zero-order valence-electron chi connectivity index (χ0n) is 24.8. The Morgan fingerprint density at radius 3 is 1.60 bits per heavy atom. The van der Waals surface area contributed by atoms with Crippen LogP contribution in [0, 0.1) is 22.7 Å². The first kappa shape index (κ1) is 29.4. The maximum atomic E-state index is 14.0. The molecule has 7 heteroatoms. The van der Waals surface area contributed by atoms with Crippen molar-refractivity contribution in [3.63, 3.8) is 0 Å². The van der Waals surface area contributed by atoms with Gasteiger partial charge in [-0.05, 0) is 55.2 Å². The molecule has 0 heterocycles. The van der Waals surface area contributed by atoms with Gasteiger partial charge in [-0.3, -0.25) is 9.59 Å². The van der Waals surface area contributed by atoms with Crippen molar-refractivity contribution in [1.29, 1.82) is 0 Å². The Morgan fingerprint density at radius 1 is 0.690 bits per heavy atom. The lowest BCUT2D eigenvalue weighted by molar-refractivity contribution is -0.129. The minimum absolute atomic E-state index is 0.0144. The van der Waals surface area contributed by atoms with Crippen molar-refractivity contribution in [2.75, 3.05) is 0 Å². The van der Waals surface area contributed by atoms with Crippen LogP contribution in [0.4, 0.5) is 4.79 Å². The molecular weight excluding hydrogens is 526 g/mol. The third kappa shape index (κ3) is 6.35. The second kappa shape index (κ2) is 12.0. The fourth-order valence-corrected chi connectivity index (χ4v) is 6.07. The number of carbonyl (C=O) groups excluding carboxylic acids is 3. The fourth-order valence-electron chi connectivity index (χ4n) is 6.07. The highest BCUT2D eigenvalue weighted by Crippen LogP contribution is 2.61. The predicted octanol–water partition coefficient (Wildman–Crippen LogP) is 6.09. The zero-order chi connectivity index (χ0) is 29.9. The molecule has 7 nitrogen and oxygen atoms in total. The molecule has 2 saturated carbocycles. The van der Waals surface area contributed by atoms with Crippen LogP contribution in [0.3, 0.4) is 0 Å². The molecule has 2 fully saturated rings. The van der Waals surface area contributed by atoms with Gasteiger partial charge in [0, 0.05) is 6.04 Å². The van der Waals surface area contributed by atoms with Gasteiger partial charge in [0.2, 0.25) is 11.8 Å². The molecule has 2 aliphatic carbocycles. The van der Waals surface area contributed by atoms with Crippen LogP contribution in [0.25, 0.3) is 0 Å². The molecule has 3 N–H and O–H groups in total. The summed E-state index contributed by atoms with van der Waals surface area (Å²) in [5.41, 5.74) is 1.58. The van der Waals surface area contributed by atoms with Gasteiger partial charge < -0.3 is 20.7 Å². The molecule has 6 atom stereocenters. The Kier molecular flexibility index (Phi) is 8.39. The molecule has 0 bridgehead atoms. The molecule has 0 radical (unpaired) electrons. The number of hydrogen-bond donors (Lipinski definition) is 3. The van der Waals surface area contributed by atoms with Crippen LogP contribution < -0.4 is 16.0 Å². The molecule has 2 aliphatic rings. The number of alkyl carbamates (subject to hydrolysis) is 1. The first-order valence-electron chi connectivity index (χ1n) is 14.8. The van der Waals surface area contributed by atoms with E-state index < -0.39 is 16.9 Å². The summed E-state index contributed by atoms with van der Waals surface area (Å²) in [5.74, 6) is -0.175. The molecule has 0 unspecified atom stereocenters. The Labute approximate surface area is 248 Å². The maximum Gasteiger partial charge on any atom is 0.407 e. The number of hydrogen-bond acceptors (Lipinski definition) is 4. The van der Waals surface area contributed by atoms with Crippen LogP contribution in [-0.2, 0) is 20.9 Å². The Bertz CT molecular complexity index is 1400. The minimum Gasteiger partial charge on any atom is -0.445 e. The first-order valence-corrected chi connectivity index (χ1v) is 14.8. The number of carbonyl (C=O) groups is 3. The van der Waals surface area contributed by atoms with Crippen molar-refractivity contribution < 1.29 is 19.1 Å². The maximum absolute atomic E-state index is 14.0. The van der Waals surface area contributed by atoms with E-state index in [9.17, 15) is 14.4 Å². The number of rotatable bonds is 11. The Morgan fingerprint density at radius 2 is 1.12 bits per heavy atom. The molecular formula is C35H41N3O4. The van der Waals surface area contributed by atoms with E-state index in [1.165, 1.54) is 0 Å². The van der Waals surface area contributed by atoms with Gasteiger partial charge in [0.1, 0.15) is 6.61 Å². The summed E-state index contributed by atoms with van der Waals surface area (Å²) in [6, 6.07) is 28.5. The van der Waals surface area contributed by atoms with E-state index in [0.717, 1.165) is 16.7 Å². The highest BCUT2D eigenvalue weighted by atomic mass is 16.5. The van der Waals surface area contributed by atoms with E-state index in [-0.39, 0.29) is 48.4 Å². The summed E-state index contributed by atoms with van der Waals surface area (Å²) in [6.07, 6.45) is 0.802. The highest BCUT2D eigenvalue weighted by Gasteiger charge is 2.63. The van der Waals surface area contributed by atoms with Crippen LogP contribution in [0.5, 0.6) is 0 Å². The second-order valence-corrected chi connectivity index (χ2v) is 12.5. The van der Waals surface area contributed by atoms with Gasteiger partial charge in [-0.1, -0.05) is 105 Å². The van der Waals surface area contributed by atoms with E-state index in [4.69, 9.17) is 4.74 Å². The van der Waals surface area contributed by atoms with Crippen molar-refractivity contribution in [2.45, 2.75) is 65.3 Å². The molecule has 3 amide bonds. The van der Waals surface area contributed by atoms with Gasteiger partial charge >= 0.3 is 6.09 Å². The van der Waals surface area contributed by atoms with Gasteiger partial charge in [0.05, 0.1) is 22.9 Å². The summed E-state index contributed by atoms with van der Waals surface area (Å²) in [7, 11) is 0. The highest BCUT2D eigenvalue weighted by molar-refractivity contribution is 5.88. The standard InChI is InChI=1S/C35H41N3O4/c1-23(2)36-31(39)34(3)20-27(34)29(25-16-10-6-11-17-25)37-32(40)35(4)21-28(35)30(26-18-12-7-13-19-26)38-33(41)42-22-24-14-8-5-9-15-24/h5-19,23,27-30H,20-22H2,1-4H3,(H,36,39)(H,37,40)(H,38,41)/t27-,28-,29+,30+,34+,35+/m0/s1. The SMILES string of the molecule is CC(C)NC(=O)[C@]1(C)C[C@H]1[C@H](NC(=O)[C@]1(C)C[C@H]1[C@H](NC(=O)OCc1ccccc1)c1ccccc1)c1ccccc1. The molecule has 42 heavy (non-hydrogen) atoms. The third-order valence-electron chi connectivity index (χ3n) is 8.96. The summed E-state index contributed by atoms with van der Waals surface area (Å²) in [5, 5.41) is 9.44. The lowest BCUT2D eigenvalue weighted by Crippen LogP contribution is -2.41. The van der Waals surface area contributed by atoms with Crippen molar-refractivity contribution >= 4 is 17.9 Å². The lowest BCUT2D eigenvalue weighted by atomic mass is 9.92. The zero-order valence-corrected chi connectivity index (χ0v) is 24.8. The number of ether oxygens (including phenoxy) is 1. The van der Waals surface area contributed by atoms with Crippen LogP contribution in [-0.4, -0.2) is 23.9 Å². The molecule has 0 aromatic heterocycles. The largest absolute Gasteiger partial charge is 0.445 e. The average molecular weight is 568 g/mol. The summed E-state index contributed by atoms with van der Waals surface area (Å²) < 4.78 is 5.53. The second-order valence-electron chi connectivity index (χ2n) is 12.5. The van der Waals surface area contributed by atoms with Gasteiger partial charge in [0.25, 0.3) is 0 Å². The number of benzene rings is 3. The molecule has 220 valence electrons. The summed E-state index contributed by atoms with van der Waals surface area (Å²) in [4.78, 5) is 39.9. The van der Waals surface area contributed by atoms with Crippen LogP contribution in [0.15, 0.2) is 91.0 Å². The van der Waals surface area contributed by atoms with Crippen molar-refractivity contribution in [2.24, 2.45) is 22.7 Å². The third-order valence-corrected chi connectivity index (χ3v) is 8.96. The lowest BCUT2D eigenvalue weighted by Gasteiger charge is -2.26. The van der Waals surface area contributed by atoms with Gasteiger partial charge in [0.15, 0.2) is 0 Å². The van der Waals surface area contributed by atoms with Gasteiger partial charge in [-0.15, -0.1) is 0 Å². The number of nitrogens with one attached hydrogen (secondary N) is 3. The molecule has 0 saturated heterocycles. The quantitative estimate of drug-likeness (QED) is 0.261. The van der Waals surface area contributed by atoms with Crippen molar-refractivity contribution in [1.82, 2.24) is 16.0 Å².